The number of hydrogen-bond acceptors (Lipinski definition) is 4. The number of aliphatic hydroxyl groups excluding tert-OH is 1. The van der Waals surface area contributed by atoms with Gasteiger partial charge >= 0.3 is 0 Å². The lowest BCUT2D eigenvalue weighted by Gasteiger charge is -2.04. The highest BCUT2D eigenvalue weighted by Crippen LogP contribution is 2.62. The van der Waals surface area contributed by atoms with Crippen LogP contribution in [-0.2, 0) is 16.3 Å². The van der Waals surface area contributed by atoms with Crippen molar-refractivity contribution in [3.63, 3.8) is 0 Å². The summed E-state index contributed by atoms with van der Waals surface area (Å²) >= 11 is 0. The van der Waals surface area contributed by atoms with Crippen LogP contribution in [0.3, 0.4) is 0 Å². The molecular formula is C15H19NO3S. The summed E-state index contributed by atoms with van der Waals surface area (Å²) < 4.78 is 24.3. The van der Waals surface area contributed by atoms with E-state index in [2.05, 4.69) is 0 Å². The third-order valence-corrected chi connectivity index (χ3v) is 6.53. The Labute approximate surface area is 120 Å². The van der Waals surface area contributed by atoms with E-state index in [1.54, 1.807) is 6.92 Å². The summed E-state index contributed by atoms with van der Waals surface area (Å²) in [5, 5.41) is 18.1. The van der Waals surface area contributed by atoms with E-state index < -0.39 is 33.0 Å². The highest BCUT2D eigenvalue weighted by atomic mass is 32.2. The van der Waals surface area contributed by atoms with Crippen molar-refractivity contribution in [2.75, 3.05) is 12.4 Å². The molecule has 0 saturated heterocycles. The molecule has 3 atom stereocenters. The fourth-order valence-electron chi connectivity index (χ4n) is 2.90. The van der Waals surface area contributed by atoms with Gasteiger partial charge < -0.3 is 5.11 Å². The fraction of sp³-hybridized carbons (Fsp3) is 0.533. The van der Waals surface area contributed by atoms with Crippen LogP contribution in [0.2, 0.25) is 0 Å². The summed E-state index contributed by atoms with van der Waals surface area (Å²) in [7, 11) is -3.35. The van der Waals surface area contributed by atoms with Crippen LogP contribution in [0.4, 0.5) is 0 Å². The van der Waals surface area contributed by atoms with E-state index in [0.717, 1.165) is 17.5 Å². The third-order valence-electron chi connectivity index (χ3n) is 4.26. The fourth-order valence-corrected chi connectivity index (χ4v) is 4.91. The zero-order valence-electron chi connectivity index (χ0n) is 11.7. The highest BCUT2D eigenvalue weighted by molar-refractivity contribution is 7.92. The molecule has 1 aliphatic rings. The second-order valence-corrected chi connectivity index (χ2v) is 7.67. The predicted molar refractivity (Wildman–Crippen MR) is 76.9 cm³/mol. The van der Waals surface area contributed by atoms with Gasteiger partial charge in [0.25, 0.3) is 0 Å². The molecule has 1 saturated carbocycles. The zero-order valence-corrected chi connectivity index (χ0v) is 12.5. The first-order valence-electron chi connectivity index (χ1n) is 6.79. The molecule has 1 aliphatic carbocycles. The van der Waals surface area contributed by atoms with Crippen LogP contribution in [0.1, 0.15) is 30.9 Å². The molecule has 2 rings (SSSR count). The average molecular weight is 293 g/mol. The van der Waals surface area contributed by atoms with Gasteiger partial charge in [-0.05, 0) is 17.5 Å². The maximum Gasteiger partial charge on any atom is 0.155 e. The first kappa shape index (κ1) is 15.0. The van der Waals surface area contributed by atoms with Crippen LogP contribution in [0.5, 0.6) is 0 Å². The Morgan fingerprint density at radius 3 is 2.30 bits per heavy atom. The van der Waals surface area contributed by atoms with Crippen molar-refractivity contribution in [2.45, 2.75) is 31.4 Å². The molecule has 20 heavy (non-hydrogen) atoms. The SMILES string of the molecule is CCc1ccc([C@@H]2[C@@H](S(=O)(=O)CC)[C@@]2(C#N)CO)cc1. The summed E-state index contributed by atoms with van der Waals surface area (Å²) in [4.78, 5) is 0. The Kier molecular flexibility index (Phi) is 3.90. The lowest BCUT2D eigenvalue weighted by molar-refractivity contribution is 0.242. The average Bonchev–Trinajstić information content (AvgIpc) is 3.18. The Hall–Kier alpha value is -1.38. The van der Waals surface area contributed by atoms with Gasteiger partial charge in [0.05, 0.1) is 17.9 Å². The van der Waals surface area contributed by atoms with Crippen molar-refractivity contribution in [2.24, 2.45) is 5.41 Å². The van der Waals surface area contributed by atoms with Crippen molar-refractivity contribution in [3.8, 4) is 6.07 Å². The topological polar surface area (TPSA) is 78.2 Å². The van der Waals surface area contributed by atoms with Crippen molar-refractivity contribution in [1.82, 2.24) is 0 Å². The van der Waals surface area contributed by atoms with E-state index >= 15 is 0 Å². The molecule has 108 valence electrons. The molecule has 0 heterocycles. The first-order chi connectivity index (χ1) is 9.46. The van der Waals surface area contributed by atoms with E-state index in [0.29, 0.717) is 0 Å². The summed E-state index contributed by atoms with van der Waals surface area (Å²) in [5.41, 5.74) is 0.804. The van der Waals surface area contributed by atoms with Crippen LogP contribution in [0.25, 0.3) is 0 Å². The highest BCUT2D eigenvalue weighted by Gasteiger charge is 2.71. The second-order valence-electron chi connectivity index (χ2n) is 5.26. The monoisotopic (exact) mass is 293 g/mol. The van der Waals surface area contributed by atoms with Crippen LogP contribution in [0, 0.1) is 16.7 Å². The van der Waals surface area contributed by atoms with Crippen LogP contribution in [-0.4, -0.2) is 31.1 Å². The number of nitriles is 1. The Morgan fingerprint density at radius 2 is 1.90 bits per heavy atom. The van der Waals surface area contributed by atoms with E-state index in [-0.39, 0.29) is 5.75 Å². The number of sulfone groups is 1. The van der Waals surface area contributed by atoms with Gasteiger partial charge in [0.1, 0.15) is 5.41 Å². The molecule has 4 nitrogen and oxygen atoms in total. The largest absolute Gasteiger partial charge is 0.395 e. The van der Waals surface area contributed by atoms with Crippen molar-refractivity contribution in [1.29, 1.82) is 5.26 Å². The quantitative estimate of drug-likeness (QED) is 0.895. The Morgan fingerprint density at radius 1 is 1.30 bits per heavy atom. The smallest absolute Gasteiger partial charge is 0.155 e. The minimum atomic E-state index is -3.35. The molecule has 0 spiro atoms. The lowest BCUT2D eigenvalue weighted by Crippen LogP contribution is -2.19. The molecule has 0 radical (unpaired) electrons. The van der Waals surface area contributed by atoms with Gasteiger partial charge in [0.15, 0.2) is 9.84 Å². The van der Waals surface area contributed by atoms with Gasteiger partial charge in [-0.25, -0.2) is 8.42 Å². The molecule has 0 aliphatic heterocycles. The molecule has 5 heteroatoms. The minimum absolute atomic E-state index is 0.00929. The molecular weight excluding hydrogens is 274 g/mol. The van der Waals surface area contributed by atoms with Gasteiger partial charge in [-0.15, -0.1) is 0 Å². The summed E-state index contributed by atoms with van der Waals surface area (Å²) in [6.07, 6.45) is 0.908. The summed E-state index contributed by atoms with van der Waals surface area (Å²) in [6, 6.07) is 9.68. The Balaban J connectivity index is 2.42. The number of nitrogens with zero attached hydrogens (tertiary/aromatic N) is 1. The molecule has 0 aromatic heterocycles. The van der Waals surface area contributed by atoms with E-state index in [4.69, 9.17) is 0 Å². The molecule has 1 fully saturated rings. The maximum atomic E-state index is 12.1. The van der Waals surface area contributed by atoms with Crippen molar-refractivity contribution >= 4 is 9.84 Å². The molecule has 0 amide bonds. The van der Waals surface area contributed by atoms with Gasteiger partial charge in [-0.2, -0.15) is 5.26 Å². The van der Waals surface area contributed by atoms with Gasteiger partial charge in [-0.1, -0.05) is 38.1 Å². The summed E-state index contributed by atoms with van der Waals surface area (Å²) in [5.74, 6) is -0.432. The molecule has 1 N–H and O–H groups in total. The number of benzene rings is 1. The first-order valence-corrected chi connectivity index (χ1v) is 8.51. The van der Waals surface area contributed by atoms with E-state index in [1.165, 1.54) is 0 Å². The molecule has 1 aromatic carbocycles. The minimum Gasteiger partial charge on any atom is -0.395 e. The lowest BCUT2D eigenvalue weighted by atomic mass is 10.00. The molecule has 0 bridgehead atoms. The Bertz CT molecular complexity index is 630. The van der Waals surface area contributed by atoms with E-state index in [9.17, 15) is 18.8 Å². The van der Waals surface area contributed by atoms with Crippen LogP contribution in [0.15, 0.2) is 24.3 Å². The van der Waals surface area contributed by atoms with Crippen LogP contribution >= 0.6 is 0 Å². The van der Waals surface area contributed by atoms with Crippen LogP contribution < -0.4 is 0 Å². The van der Waals surface area contributed by atoms with Gasteiger partial charge in [0, 0.05) is 11.7 Å². The number of rotatable bonds is 5. The number of hydrogen-bond donors (Lipinski definition) is 1. The second kappa shape index (κ2) is 5.19. The van der Waals surface area contributed by atoms with Gasteiger partial charge in [-0.3, -0.25) is 0 Å². The summed E-state index contributed by atoms with van der Waals surface area (Å²) in [6.45, 7) is 3.20. The van der Waals surface area contributed by atoms with Gasteiger partial charge in [0.2, 0.25) is 0 Å². The third kappa shape index (κ3) is 2.13. The number of aliphatic hydroxyl groups is 1. The predicted octanol–water partition coefficient (Wildman–Crippen LogP) is 1.65. The van der Waals surface area contributed by atoms with Crippen molar-refractivity contribution in [3.05, 3.63) is 35.4 Å². The zero-order chi connectivity index (χ0) is 15.0. The van der Waals surface area contributed by atoms with Crippen molar-refractivity contribution < 1.29 is 13.5 Å². The normalized spacial score (nSPS) is 28.9. The molecule has 1 aromatic rings. The molecule has 0 unspecified atom stereocenters. The standard InChI is InChI=1S/C15H19NO3S/c1-3-11-5-7-12(8-6-11)13-14(20(18,19)4-2)15(13,9-16)10-17/h5-8,13-14,17H,3-4,10H2,1-2H3/t13-,14-,15+/m1/s1. The number of aryl methyl sites for hydroxylation is 1. The van der Waals surface area contributed by atoms with E-state index in [1.807, 2.05) is 37.3 Å². The maximum absolute atomic E-state index is 12.1.